The molecule has 0 radical (unpaired) electrons. The van der Waals surface area contributed by atoms with Gasteiger partial charge in [0, 0.05) is 17.1 Å². The predicted molar refractivity (Wildman–Crippen MR) is 166 cm³/mol. The Morgan fingerprint density at radius 2 is 0.976 bits per heavy atom. The van der Waals surface area contributed by atoms with Gasteiger partial charge in [0.2, 0.25) is 0 Å². The molecular weight excluding hydrogens is 527 g/mol. The van der Waals surface area contributed by atoms with E-state index in [2.05, 4.69) is 91.0 Å². The van der Waals surface area contributed by atoms with Gasteiger partial charge in [-0.2, -0.15) is 13.2 Å². The van der Waals surface area contributed by atoms with Crippen LogP contribution >= 0.6 is 0 Å². The van der Waals surface area contributed by atoms with Crippen LogP contribution in [0.25, 0.3) is 66.2 Å². The molecule has 6 aromatic carbocycles. The summed E-state index contributed by atoms with van der Waals surface area (Å²) in [5.74, 6) is 0. The van der Waals surface area contributed by atoms with Gasteiger partial charge in [0.25, 0.3) is 0 Å². The largest absolute Gasteiger partial charge is 0.416 e. The molecule has 0 aliphatic carbocycles. The second-order valence-electron chi connectivity index (χ2n) is 10.4. The fourth-order valence-corrected chi connectivity index (χ4v) is 5.49. The number of hydrogen-bond donors (Lipinski definition) is 0. The van der Waals surface area contributed by atoms with Gasteiger partial charge in [-0.3, -0.25) is 4.98 Å². The molecule has 42 heavy (non-hydrogen) atoms. The van der Waals surface area contributed by atoms with E-state index in [0.29, 0.717) is 0 Å². The van der Waals surface area contributed by atoms with E-state index in [0.717, 1.165) is 56.4 Å². The summed E-state index contributed by atoms with van der Waals surface area (Å²) in [7, 11) is 0. The molecule has 0 fully saturated rings. The van der Waals surface area contributed by atoms with Gasteiger partial charge in [0.05, 0.1) is 11.1 Å². The zero-order valence-electron chi connectivity index (χ0n) is 22.4. The maximum absolute atomic E-state index is 12.9. The van der Waals surface area contributed by atoms with Gasteiger partial charge < -0.3 is 0 Å². The molecule has 1 aromatic heterocycles. The molecule has 0 aliphatic rings. The van der Waals surface area contributed by atoms with Gasteiger partial charge in [0.1, 0.15) is 0 Å². The summed E-state index contributed by atoms with van der Waals surface area (Å²) in [6.45, 7) is 0. The van der Waals surface area contributed by atoms with Crippen LogP contribution in [0, 0.1) is 0 Å². The van der Waals surface area contributed by atoms with Crippen molar-refractivity contribution in [1.82, 2.24) is 4.98 Å². The van der Waals surface area contributed by atoms with Crippen LogP contribution in [-0.4, -0.2) is 4.98 Å². The highest BCUT2D eigenvalue weighted by atomic mass is 19.4. The van der Waals surface area contributed by atoms with Gasteiger partial charge in [-0.25, -0.2) is 0 Å². The molecule has 0 amide bonds. The van der Waals surface area contributed by atoms with Gasteiger partial charge in [0.15, 0.2) is 0 Å². The average molecular weight is 552 g/mol. The molecule has 0 saturated heterocycles. The summed E-state index contributed by atoms with van der Waals surface area (Å²) in [5, 5.41) is 3.52. The predicted octanol–water partition coefficient (Wildman–Crippen LogP) is 11.1. The van der Waals surface area contributed by atoms with E-state index in [9.17, 15) is 13.2 Å². The average Bonchev–Trinajstić information content (AvgIpc) is 3.04. The fraction of sp³-hybridized carbons (Fsp3) is 0.0263. The summed E-state index contributed by atoms with van der Waals surface area (Å²) < 4.78 is 38.7. The van der Waals surface area contributed by atoms with Gasteiger partial charge in [-0.1, -0.05) is 115 Å². The summed E-state index contributed by atoms with van der Waals surface area (Å²) in [5.41, 5.74) is 8.47. The van der Waals surface area contributed by atoms with Gasteiger partial charge in [-0.15, -0.1) is 0 Å². The normalized spacial score (nSPS) is 11.7. The minimum absolute atomic E-state index is 0.646. The number of halogens is 3. The van der Waals surface area contributed by atoms with Crippen LogP contribution in [0.4, 0.5) is 13.2 Å². The lowest BCUT2D eigenvalue weighted by Crippen LogP contribution is -2.03. The molecule has 0 bridgehead atoms. The van der Waals surface area contributed by atoms with E-state index in [1.807, 2.05) is 30.5 Å². The number of nitrogens with zero attached hydrogens (tertiary/aromatic N) is 1. The first kappa shape index (κ1) is 25.7. The van der Waals surface area contributed by atoms with Crippen molar-refractivity contribution < 1.29 is 13.2 Å². The molecule has 0 atom stereocenters. The summed E-state index contributed by atoms with van der Waals surface area (Å²) in [6.07, 6.45) is -2.43. The molecule has 0 unspecified atom stereocenters. The highest BCUT2D eigenvalue weighted by Crippen LogP contribution is 2.34. The van der Waals surface area contributed by atoms with Crippen molar-refractivity contribution in [2.45, 2.75) is 6.18 Å². The first-order valence-corrected chi connectivity index (χ1v) is 13.7. The number of rotatable bonds is 4. The third-order valence-electron chi connectivity index (χ3n) is 7.77. The highest BCUT2D eigenvalue weighted by Gasteiger charge is 2.29. The fourth-order valence-electron chi connectivity index (χ4n) is 5.49. The Morgan fingerprint density at radius 3 is 1.67 bits per heavy atom. The third-order valence-corrected chi connectivity index (χ3v) is 7.77. The Balaban J connectivity index is 1.12. The number of alkyl halides is 3. The number of hydrogen-bond acceptors (Lipinski definition) is 1. The van der Waals surface area contributed by atoms with Crippen molar-refractivity contribution in [3.05, 3.63) is 151 Å². The van der Waals surface area contributed by atoms with E-state index < -0.39 is 11.7 Å². The molecule has 202 valence electrons. The molecule has 0 saturated carbocycles. The van der Waals surface area contributed by atoms with E-state index in [4.69, 9.17) is 4.98 Å². The van der Waals surface area contributed by atoms with E-state index in [1.54, 1.807) is 0 Å². The Labute approximate surface area is 241 Å². The standard InChI is InChI=1S/C38H24F3N/c39-38(40,41)34-20-18-26(19-21-34)25-8-10-27(11-9-25)31-16-17-32-22-33(24-42-37(32)23-31)28-12-14-30(15-13-28)36-7-3-5-29-4-1-2-6-35(29)36/h1-24H. The van der Waals surface area contributed by atoms with Crippen LogP contribution < -0.4 is 0 Å². The molecule has 7 rings (SSSR count). The summed E-state index contributed by atoms with van der Waals surface area (Å²) in [6, 6.07) is 44.9. The van der Waals surface area contributed by atoms with Crippen molar-refractivity contribution in [3.8, 4) is 44.5 Å². The number of benzene rings is 6. The first-order valence-electron chi connectivity index (χ1n) is 13.7. The topological polar surface area (TPSA) is 12.9 Å². The molecule has 7 aromatic rings. The summed E-state index contributed by atoms with van der Waals surface area (Å²) >= 11 is 0. The van der Waals surface area contributed by atoms with Crippen LogP contribution in [0.1, 0.15) is 5.56 Å². The van der Waals surface area contributed by atoms with Crippen molar-refractivity contribution in [2.75, 3.05) is 0 Å². The second kappa shape index (κ2) is 10.3. The van der Waals surface area contributed by atoms with Crippen molar-refractivity contribution >= 4 is 21.7 Å². The zero-order valence-corrected chi connectivity index (χ0v) is 22.4. The second-order valence-corrected chi connectivity index (χ2v) is 10.4. The SMILES string of the molecule is FC(F)(F)c1ccc(-c2ccc(-c3ccc4cc(-c5ccc(-c6cccc7ccccc67)cc5)cnc4c3)cc2)cc1. The van der Waals surface area contributed by atoms with Gasteiger partial charge in [-0.05, 0) is 74.0 Å². The lowest BCUT2D eigenvalue weighted by Gasteiger charge is -2.10. The Kier molecular flexibility index (Phi) is 6.32. The van der Waals surface area contributed by atoms with Crippen LogP contribution in [0.15, 0.2) is 146 Å². The quantitative estimate of drug-likeness (QED) is 0.212. The molecule has 1 heterocycles. The molecular formula is C38H24F3N. The minimum atomic E-state index is -4.34. The van der Waals surface area contributed by atoms with Gasteiger partial charge >= 0.3 is 6.18 Å². The first-order chi connectivity index (χ1) is 20.4. The van der Waals surface area contributed by atoms with Crippen LogP contribution in [0.2, 0.25) is 0 Å². The third kappa shape index (κ3) is 4.92. The molecule has 0 N–H and O–H groups in total. The summed E-state index contributed by atoms with van der Waals surface area (Å²) in [4.78, 5) is 4.77. The van der Waals surface area contributed by atoms with E-state index >= 15 is 0 Å². The van der Waals surface area contributed by atoms with Crippen LogP contribution in [-0.2, 0) is 6.18 Å². The van der Waals surface area contributed by atoms with Crippen molar-refractivity contribution in [3.63, 3.8) is 0 Å². The van der Waals surface area contributed by atoms with E-state index in [-0.39, 0.29) is 0 Å². The van der Waals surface area contributed by atoms with Crippen molar-refractivity contribution in [1.29, 1.82) is 0 Å². The number of fused-ring (bicyclic) bond motifs is 2. The zero-order chi connectivity index (χ0) is 28.7. The number of pyridine rings is 1. The monoisotopic (exact) mass is 551 g/mol. The molecule has 0 aliphatic heterocycles. The Hall–Kier alpha value is -5.22. The maximum Gasteiger partial charge on any atom is 0.416 e. The van der Waals surface area contributed by atoms with Crippen LogP contribution in [0.3, 0.4) is 0 Å². The maximum atomic E-state index is 12.9. The highest BCUT2D eigenvalue weighted by molar-refractivity contribution is 5.97. The van der Waals surface area contributed by atoms with E-state index in [1.165, 1.54) is 34.0 Å². The smallest absolute Gasteiger partial charge is 0.256 e. The minimum Gasteiger partial charge on any atom is -0.256 e. The van der Waals surface area contributed by atoms with Crippen molar-refractivity contribution in [2.24, 2.45) is 0 Å². The molecule has 0 spiro atoms. The lowest BCUT2D eigenvalue weighted by molar-refractivity contribution is -0.137. The Bertz CT molecular complexity index is 2030. The lowest BCUT2D eigenvalue weighted by atomic mass is 9.96. The molecule has 4 heteroatoms. The molecule has 1 nitrogen and oxygen atoms in total. The van der Waals surface area contributed by atoms with Crippen LogP contribution in [0.5, 0.6) is 0 Å². The Morgan fingerprint density at radius 1 is 0.429 bits per heavy atom. The number of aromatic nitrogens is 1.